The van der Waals surface area contributed by atoms with Gasteiger partial charge in [-0.05, 0) is 25.0 Å². The maximum absolute atomic E-state index is 12.4. The molecule has 1 fully saturated rings. The van der Waals surface area contributed by atoms with Gasteiger partial charge in [0.05, 0.1) is 37.6 Å². The van der Waals surface area contributed by atoms with Gasteiger partial charge >= 0.3 is 0 Å². The number of nitrogens with one attached hydrogen (secondary N) is 2. The van der Waals surface area contributed by atoms with Crippen molar-refractivity contribution in [3.05, 3.63) is 42.9 Å². The van der Waals surface area contributed by atoms with Gasteiger partial charge in [-0.25, -0.2) is 18.1 Å². The molecule has 28 heavy (non-hydrogen) atoms. The second-order valence-electron chi connectivity index (χ2n) is 6.78. The Balaban J connectivity index is 1.56. The fraction of sp³-hybridized carbons (Fsp3) is 0.444. The first-order valence-electron chi connectivity index (χ1n) is 8.99. The molecule has 2 aromatic rings. The van der Waals surface area contributed by atoms with Crippen LogP contribution >= 0.6 is 0 Å². The summed E-state index contributed by atoms with van der Waals surface area (Å²) in [7, 11) is -2.14. The number of carbonyl (C=O) groups excluding carboxylic acids is 1. The van der Waals surface area contributed by atoms with E-state index < -0.39 is 28.3 Å². The molecule has 0 aliphatic carbocycles. The predicted octanol–water partition coefficient (Wildman–Crippen LogP) is 0.636. The molecule has 1 aliphatic heterocycles. The molecule has 9 nitrogen and oxygen atoms in total. The van der Waals surface area contributed by atoms with E-state index in [2.05, 4.69) is 15.0 Å². The number of aromatic nitrogens is 2. The number of imidazole rings is 1. The molecule has 3 rings (SSSR count). The van der Waals surface area contributed by atoms with Crippen molar-refractivity contribution in [3.8, 4) is 0 Å². The van der Waals surface area contributed by atoms with Crippen molar-refractivity contribution in [2.45, 2.75) is 42.5 Å². The smallest absolute Gasteiger partial charge is 0.259 e. The molecule has 1 aromatic heterocycles. The van der Waals surface area contributed by atoms with Crippen molar-refractivity contribution in [1.29, 1.82) is 0 Å². The van der Waals surface area contributed by atoms with E-state index in [0.717, 1.165) is 0 Å². The molecule has 10 heteroatoms. The minimum atomic E-state index is -3.82. The summed E-state index contributed by atoms with van der Waals surface area (Å²) in [4.78, 5) is 16.1. The number of sulfonamides is 1. The summed E-state index contributed by atoms with van der Waals surface area (Å²) in [5.74, 6) is -0.194. The van der Waals surface area contributed by atoms with E-state index in [1.165, 1.54) is 17.1 Å². The summed E-state index contributed by atoms with van der Waals surface area (Å²) in [5, 5.41) is 12.3. The number of hydrogen-bond donors (Lipinski definition) is 3. The van der Waals surface area contributed by atoms with Crippen LogP contribution in [0, 0.1) is 0 Å². The zero-order valence-corrected chi connectivity index (χ0v) is 16.3. The average molecular weight is 408 g/mol. The normalized spacial score (nSPS) is 22.7. The lowest BCUT2D eigenvalue weighted by Crippen LogP contribution is -2.51. The van der Waals surface area contributed by atoms with Crippen LogP contribution < -0.4 is 10.0 Å². The highest BCUT2D eigenvalue weighted by Crippen LogP contribution is 2.23. The van der Waals surface area contributed by atoms with Crippen molar-refractivity contribution in [3.63, 3.8) is 0 Å². The van der Waals surface area contributed by atoms with Gasteiger partial charge in [0.1, 0.15) is 0 Å². The van der Waals surface area contributed by atoms with Crippen LogP contribution in [0.1, 0.15) is 19.3 Å². The Morgan fingerprint density at radius 2 is 2.07 bits per heavy atom. The van der Waals surface area contributed by atoms with Crippen molar-refractivity contribution < 1.29 is 23.1 Å². The van der Waals surface area contributed by atoms with Gasteiger partial charge in [0.2, 0.25) is 5.91 Å². The molecule has 0 radical (unpaired) electrons. The Morgan fingerprint density at radius 3 is 2.71 bits per heavy atom. The summed E-state index contributed by atoms with van der Waals surface area (Å²) >= 11 is 0. The van der Waals surface area contributed by atoms with E-state index in [1.807, 2.05) is 18.2 Å². The Morgan fingerprint density at radius 1 is 1.32 bits per heavy atom. The second-order valence-corrected chi connectivity index (χ2v) is 8.44. The number of amides is 1. The van der Waals surface area contributed by atoms with Gasteiger partial charge in [-0.15, -0.1) is 0 Å². The number of aliphatic hydroxyl groups excluding tert-OH is 1. The number of anilines is 1. The fourth-order valence-electron chi connectivity index (χ4n) is 3.14. The van der Waals surface area contributed by atoms with E-state index in [-0.39, 0.29) is 24.0 Å². The third kappa shape index (κ3) is 5.16. The zero-order chi connectivity index (χ0) is 20.1. The Bertz CT molecular complexity index is 900. The van der Waals surface area contributed by atoms with Gasteiger partial charge in [0.25, 0.3) is 10.0 Å². The third-order valence-electron chi connectivity index (χ3n) is 4.53. The first-order valence-corrected chi connectivity index (χ1v) is 10.5. The SMILES string of the molecule is Cn1cnc(S(=O)(=O)N[C@H]2CC[C@@H](CC(=O)Nc3ccccc3)O[C@H]2CO)c1. The zero-order valence-electron chi connectivity index (χ0n) is 15.5. The molecule has 1 aromatic carbocycles. The molecule has 0 unspecified atom stereocenters. The number of hydrogen-bond acceptors (Lipinski definition) is 6. The van der Waals surface area contributed by atoms with Crippen LogP contribution in [0.5, 0.6) is 0 Å². The van der Waals surface area contributed by atoms with E-state index >= 15 is 0 Å². The van der Waals surface area contributed by atoms with Crippen LogP contribution in [0.25, 0.3) is 0 Å². The van der Waals surface area contributed by atoms with Crippen LogP contribution in [-0.2, 0) is 26.6 Å². The summed E-state index contributed by atoms with van der Waals surface area (Å²) in [6, 6.07) is 8.50. The lowest BCUT2D eigenvalue weighted by atomic mass is 9.98. The maximum Gasteiger partial charge on any atom is 0.259 e. The van der Waals surface area contributed by atoms with E-state index in [9.17, 15) is 18.3 Å². The second kappa shape index (κ2) is 8.82. The molecular weight excluding hydrogens is 384 g/mol. The molecule has 1 saturated heterocycles. The fourth-order valence-corrected chi connectivity index (χ4v) is 4.42. The first kappa shape index (κ1) is 20.5. The van der Waals surface area contributed by atoms with E-state index in [1.54, 1.807) is 19.2 Å². The summed E-state index contributed by atoms with van der Waals surface area (Å²) in [6.45, 7) is -0.355. The Labute approximate surface area is 163 Å². The minimum Gasteiger partial charge on any atom is -0.394 e. The van der Waals surface area contributed by atoms with E-state index in [4.69, 9.17) is 4.74 Å². The van der Waals surface area contributed by atoms with Crippen LogP contribution in [0.4, 0.5) is 5.69 Å². The number of nitrogens with zero attached hydrogens (tertiary/aromatic N) is 2. The quantitative estimate of drug-likeness (QED) is 0.618. The summed E-state index contributed by atoms with van der Waals surface area (Å²) in [6.07, 6.45) is 2.74. The number of rotatable bonds is 7. The molecule has 3 atom stereocenters. The van der Waals surface area contributed by atoms with Gasteiger partial charge < -0.3 is 19.7 Å². The van der Waals surface area contributed by atoms with Crippen LogP contribution in [0.2, 0.25) is 0 Å². The van der Waals surface area contributed by atoms with Crippen LogP contribution in [-0.4, -0.2) is 53.8 Å². The largest absolute Gasteiger partial charge is 0.394 e. The molecule has 2 heterocycles. The average Bonchev–Trinajstić information content (AvgIpc) is 3.11. The van der Waals surface area contributed by atoms with Crippen molar-refractivity contribution in [2.24, 2.45) is 7.05 Å². The molecule has 3 N–H and O–H groups in total. The Kier molecular flexibility index (Phi) is 6.45. The maximum atomic E-state index is 12.4. The number of aliphatic hydroxyl groups is 1. The summed E-state index contributed by atoms with van der Waals surface area (Å²) < 4.78 is 34.8. The van der Waals surface area contributed by atoms with Crippen molar-refractivity contribution in [2.75, 3.05) is 11.9 Å². The minimum absolute atomic E-state index is 0.0870. The van der Waals surface area contributed by atoms with Gasteiger partial charge in [-0.2, -0.15) is 0 Å². The number of carbonyl (C=O) groups is 1. The monoisotopic (exact) mass is 408 g/mol. The number of para-hydroxylation sites is 1. The van der Waals surface area contributed by atoms with E-state index in [0.29, 0.717) is 18.5 Å². The Hall–Kier alpha value is -2.27. The third-order valence-corrected chi connectivity index (χ3v) is 5.90. The lowest BCUT2D eigenvalue weighted by molar-refractivity contribution is -0.126. The molecule has 0 saturated carbocycles. The van der Waals surface area contributed by atoms with Crippen molar-refractivity contribution >= 4 is 21.6 Å². The first-order chi connectivity index (χ1) is 13.4. The molecule has 0 spiro atoms. The molecule has 0 bridgehead atoms. The van der Waals surface area contributed by atoms with Crippen LogP contribution in [0.3, 0.4) is 0 Å². The summed E-state index contributed by atoms with van der Waals surface area (Å²) in [5.41, 5.74) is 0.697. The number of benzene rings is 1. The molecule has 1 aliphatic rings. The highest BCUT2D eigenvalue weighted by atomic mass is 32.2. The highest BCUT2D eigenvalue weighted by Gasteiger charge is 2.35. The molecule has 152 valence electrons. The van der Waals surface area contributed by atoms with Gasteiger partial charge in [-0.3, -0.25) is 4.79 Å². The van der Waals surface area contributed by atoms with Gasteiger partial charge in [0.15, 0.2) is 5.03 Å². The number of ether oxygens (including phenoxy) is 1. The predicted molar refractivity (Wildman–Crippen MR) is 102 cm³/mol. The lowest BCUT2D eigenvalue weighted by Gasteiger charge is -2.35. The topological polar surface area (TPSA) is 123 Å². The van der Waals surface area contributed by atoms with Gasteiger partial charge in [-0.1, -0.05) is 18.2 Å². The van der Waals surface area contributed by atoms with Gasteiger partial charge in [0, 0.05) is 18.9 Å². The van der Waals surface area contributed by atoms with Crippen molar-refractivity contribution in [1.82, 2.24) is 14.3 Å². The highest BCUT2D eigenvalue weighted by molar-refractivity contribution is 7.89. The standard InChI is InChI=1S/C18H24N4O5S/c1-22-10-18(19-12-22)28(25,26)21-15-8-7-14(27-16(15)11-23)9-17(24)20-13-5-3-2-4-6-13/h2-6,10,12,14-16,21,23H,7-9,11H2,1H3,(H,20,24)/t14-,15-,16-/m0/s1. The molecular formula is C18H24N4O5S. The number of aryl methyl sites for hydroxylation is 1. The molecule has 1 amide bonds. The van der Waals surface area contributed by atoms with Crippen LogP contribution in [0.15, 0.2) is 47.9 Å².